The Morgan fingerprint density at radius 1 is 1.38 bits per heavy atom. The predicted molar refractivity (Wildman–Crippen MR) is 51.1 cm³/mol. The second kappa shape index (κ2) is 4.51. The maximum atomic E-state index is 12.7. The molecule has 0 aliphatic carbocycles. The zero-order chi connectivity index (χ0) is 12.3. The summed E-state index contributed by atoms with van der Waals surface area (Å²) in [6, 6.07) is 3.05. The van der Waals surface area contributed by atoms with E-state index in [1.165, 1.54) is 7.05 Å². The SMILES string of the molecule is CN(CC(F)(F)F)c1ccc(F)cc1C=O. The summed E-state index contributed by atoms with van der Waals surface area (Å²) in [7, 11) is 1.19. The first-order valence-electron chi connectivity index (χ1n) is 4.36. The van der Waals surface area contributed by atoms with E-state index in [-0.39, 0.29) is 11.3 Å². The van der Waals surface area contributed by atoms with Gasteiger partial charge in [0, 0.05) is 18.3 Å². The fraction of sp³-hybridized carbons (Fsp3) is 0.300. The number of benzene rings is 1. The van der Waals surface area contributed by atoms with Crippen LogP contribution in [0.1, 0.15) is 10.4 Å². The third kappa shape index (κ3) is 3.22. The molecule has 0 atom stereocenters. The van der Waals surface area contributed by atoms with E-state index in [4.69, 9.17) is 0 Å². The van der Waals surface area contributed by atoms with Gasteiger partial charge in [0.15, 0.2) is 6.29 Å². The van der Waals surface area contributed by atoms with Crippen molar-refractivity contribution in [2.75, 3.05) is 18.5 Å². The second-order valence-corrected chi connectivity index (χ2v) is 3.29. The summed E-state index contributed by atoms with van der Waals surface area (Å²) in [5.41, 5.74) is -0.0551. The molecule has 0 N–H and O–H groups in total. The van der Waals surface area contributed by atoms with Gasteiger partial charge in [0.25, 0.3) is 0 Å². The molecule has 0 bridgehead atoms. The molecule has 1 aromatic carbocycles. The number of rotatable bonds is 3. The largest absolute Gasteiger partial charge is 0.405 e. The molecule has 0 saturated carbocycles. The molecule has 0 radical (unpaired) electrons. The number of halogens is 4. The highest BCUT2D eigenvalue weighted by atomic mass is 19.4. The predicted octanol–water partition coefficient (Wildman–Crippen LogP) is 2.64. The number of alkyl halides is 3. The summed E-state index contributed by atoms with van der Waals surface area (Å²) >= 11 is 0. The molecular formula is C10H9F4NO. The third-order valence-electron chi connectivity index (χ3n) is 1.94. The Balaban J connectivity index is 2.99. The minimum atomic E-state index is -4.37. The van der Waals surface area contributed by atoms with Gasteiger partial charge in [0.2, 0.25) is 0 Å². The van der Waals surface area contributed by atoms with Crippen LogP contribution in [0, 0.1) is 5.82 Å². The van der Waals surface area contributed by atoms with Gasteiger partial charge in [0.1, 0.15) is 12.4 Å². The Hall–Kier alpha value is -1.59. The topological polar surface area (TPSA) is 20.3 Å². The first-order chi connectivity index (χ1) is 7.33. The number of nitrogens with zero attached hydrogens (tertiary/aromatic N) is 1. The number of hydrogen-bond acceptors (Lipinski definition) is 2. The number of anilines is 1. The van der Waals surface area contributed by atoms with Crippen molar-refractivity contribution in [1.82, 2.24) is 0 Å². The van der Waals surface area contributed by atoms with Crippen molar-refractivity contribution in [2.45, 2.75) is 6.18 Å². The van der Waals surface area contributed by atoms with E-state index in [1.54, 1.807) is 0 Å². The Morgan fingerprint density at radius 2 is 2.00 bits per heavy atom. The molecule has 1 aromatic rings. The lowest BCUT2D eigenvalue weighted by atomic mass is 10.1. The number of aldehydes is 1. The zero-order valence-electron chi connectivity index (χ0n) is 8.38. The van der Waals surface area contributed by atoms with Crippen LogP contribution in [0.25, 0.3) is 0 Å². The van der Waals surface area contributed by atoms with Gasteiger partial charge in [-0.25, -0.2) is 4.39 Å². The lowest BCUT2D eigenvalue weighted by molar-refractivity contribution is -0.119. The lowest BCUT2D eigenvalue weighted by Gasteiger charge is -2.22. The molecule has 0 aliphatic rings. The Bertz CT molecular complexity index is 389. The van der Waals surface area contributed by atoms with Crippen molar-refractivity contribution in [1.29, 1.82) is 0 Å². The molecular weight excluding hydrogens is 226 g/mol. The van der Waals surface area contributed by atoms with Crippen LogP contribution in [0.5, 0.6) is 0 Å². The molecule has 0 fully saturated rings. The molecule has 0 aromatic heterocycles. The average Bonchev–Trinajstić information content (AvgIpc) is 2.14. The van der Waals surface area contributed by atoms with Crippen LogP contribution in [0.4, 0.5) is 23.2 Å². The summed E-state index contributed by atoms with van der Waals surface area (Å²) in [5.74, 6) is -0.661. The van der Waals surface area contributed by atoms with Crippen molar-refractivity contribution in [3.63, 3.8) is 0 Å². The van der Waals surface area contributed by atoms with Gasteiger partial charge < -0.3 is 4.90 Å². The minimum absolute atomic E-state index is 0.0497. The molecule has 0 unspecified atom stereocenters. The number of carbonyl (C=O) groups excluding carboxylic acids is 1. The van der Waals surface area contributed by atoms with Crippen LogP contribution in [0.15, 0.2) is 18.2 Å². The average molecular weight is 235 g/mol. The van der Waals surface area contributed by atoms with Gasteiger partial charge in [0.05, 0.1) is 0 Å². The molecule has 0 amide bonds. The van der Waals surface area contributed by atoms with Crippen molar-refractivity contribution in [3.8, 4) is 0 Å². The molecule has 16 heavy (non-hydrogen) atoms. The quantitative estimate of drug-likeness (QED) is 0.593. The first-order valence-corrected chi connectivity index (χ1v) is 4.36. The van der Waals surface area contributed by atoms with E-state index < -0.39 is 18.5 Å². The standard InChI is InChI=1S/C10H9F4NO/c1-15(6-10(12,13)14)9-3-2-8(11)4-7(9)5-16/h2-5H,6H2,1H3. The third-order valence-corrected chi connectivity index (χ3v) is 1.94. The van der Waals surface area contributed by atoms with Gasteiger partial charge in [-0.2, -0.15) is 13.2 Å². The van der Waals surface area contributed by atoms with Crippen LogP contribution in [-0.2, 0) is 0 Å². The van der Waals surface area contributed by atoms with Crippen LogP contribution < -0.4 is 4.90 Å². The molecule has 88 valence electrons. The fourth-order valence-electron chi connectivity index (χ4n) is 1.32. The van der Waals surface area contributed by atoms with Crippen molar-refractivity contribution >= 4 is 12.0 Å². The van der Waals surface area contributed by atoms with Crippen LogP contribution >= 0.6 is 0 Å². The Morgan fingerprint density at radius 3 is 2.50 bits per heavy atom. The van der Waals surface area contributed by atoms with Gasteiger partial charge in [-0.3, -0.25) is 4.79 Å². The van der Waals surface area contributed by atoms with Crippen LogP contribution in [-0.4, -0.2) is 26.1 Å². The minimum Gasteiger partial charge on any atom is -0.365 e. The van der Waals surface area contributed by atoms with E-state index in [2.05, 4.69) is 0 Å². The van der Waals surface area contributed by atoms with Crippen molar-refractivity contribution < 1.29 is 22.4 Å². The van der Waals surface area contributed by atoms with Crippen LogP contribution in [0.2, 0.25) is 0 Å². The fourth-order valence-corrected chi connectivity index (χ4v) is 1.32. The van der Waals surface area contributed by atoms with E-state index in [1.807, 2.05) is 0 Å². The summed E-state index contributed by atoms with van der Waals surface area (Å²) in [6.07, 6.45) is -4.05. The summed E-state index contributed by atoms with van der Waals surface area (Å²) in [4.78, 5) is 11.4. The van der Waals surface area contributed by atoms with E-state index in [0.717, 1.165) is 23.1 Å². The molecule has 0 aliphatic heterocycles. The highest BCUT2D eigenvalue weighted by Crippen LogP contribution is 2.23. The molecule has 0 spiro atoms. The highest BCUT2D eigenvalue weighted by Gasteiger charge is 2.30. The summed E-state index contributed by atoms with van der Waals surface area (Å²) < 4.78 is 49.0. The van der Waals surface area contributed by atoms with E-state index >= 15 is 0 Å². The maximum absolute atomic E-state index is 12.7. The van der Waals surface area contributed by atoms with Crippen molar-refractivity contribution in [3.05, 3.63) is 29.6 Å². The first kappa shape index (κ1) is 12.5. The van der Waals surface area contributed by atoms with Gasteiger partial charge in [-0.15, -0.1) is 0 Å². The normalized spacial score (nSPS) is 11.3. The Labute approximate surface area is 89.5 Å². The summed E-state index contributed by atoms with van der Waals surface area (Å²) in [5, 5.41) is 0. The highest BCUT2D eigenvalue weighted by molar-refractivity contribution is 5.84. The molecule has 2 nitrogen and oxygen atoms in total. The van der Waals surface area contributed by atoms with Crippen LogP contribution in [0.3, 0.4) is 0 Å². The van der Waals surface area contributed by atoms with Crippen molar-refractivity contribution in [2.24, 2.45) is 0 Å². The van der Waals surface area contributed by atoms with Gasteiger partial charge in [-0.1, -0.05) is 0 Å². The smallest absolute Gasteiger partial charge is 0.365 e. The van der Waals surface area contributed by atoms with Gasteiger partial charge >= 0.3 is 6.18 Å². The number of hydrogen-bond donors (Lipinski definition) is 0. The van der Waals surface area contributed by atoms with E-state index in [9.17, 15) is 22.4 Å². The molecule has 1 rings (SSSR count). The monoisotopic (exact) mass is 235 g/mol. The second-order valence-electron chi connectivity index (χ2n) is 3.29. The Kier molecular flexibility index (Phi) is 3.51. The van der Waals surface area contributed by atoms with Gasteiger partial charge in [-0.05, 0) is 18.2 Å². The molecule has 0 saturated heterocycles. The molecule has 6 heteroatoms. The summed E-state index contributed by atoms with van der Waals surface area (Å²) in [6.45, 7) is -1.19. The lowest BCUT2D eigenvalue weighted by Crippen LogP contribution is -2.31. The van der Waals surface area contributed by atoms with E-state index in [0.29, 0.717) is 6.29 Å². The number of carbonyl (C=O) groups is 1. The molecule has 0 heterocycles. The zero-order valence-corrected chi connectivity index (χ0v) is 8.38. The maximum Gasteiger partial charge on any atom is 0.405 e.